The van der Waals surface area contributed by atoms with Gasteiger partial charge in [-0.15, -0.1) is 0 Å². The van der Waals surface area contributed by atoms with Crippen LogP contribution in [0.25, 0.3) is 0 Å². The molecule has 3 aromatic rings. The van der Waals surface area contributed by atoms with Crippen molar-refractivity contribution in [2.24, 2.45) is 0 Å². The molecule has 0 radical (unpaired) electrons. The van der Waals surface area contributed by atoms with E-state index in [4.69, 9.17) is 9.47 Å². The summed E-state index contributed by atoms with van der Waals surface area (Å²) in [7, 11) is 1.34. The van der Waals surface area contributed by atoms with Gasteiger partial charge < -0.3 is 14.2 Å². The van der Waals surface area contributed by atoms with Gasteiger partial charge in [-0.2, -0.15) is 13.9 Å². The molecular formula is C22H22F2N2O4. The summed E-state index contributed by atoms with van der Waals surface area (Å²) in [6, 6.07) is 14.2. The van der Waals surface area contributed by atoms with E-state index in [0.717, 1.165) is 5.56 Å². The predicted octanol–water partition coefficient (Wildman–Crippen LogP) is 4.52. The Balaban J connectivity index is 1.71. The minimum absolute atomic E-state index is 0.0487. The third kappa shape index (κ3) is 4.94. The van der Waals surface area contributed by atoms with Crippen molar-refractivity contribution in [3.63, 3.8) is 0 Å². The van der Waals surface area contributed by atoms with E-state index in [0.29, 0.717) is 29.1 Å². The maximum Gasteiger partial charge on any atom is 0.387 e. The molecule has 158 valence electrons. The lowest BCUT2D eigenvalue weighted by molar-refractivity contribution is -0.0512. The molecule has 0 atom stereocenters. The van der Waals surface area contributed by atoms with Crippen molar-refractivity contribution in [1.82, 2.24) is 9.78 Å². The summed E-state index contributed by atoms with van der Waals surface area (Å²) in [4.78, 5) is 12.7. The van der Waals surface area contributed by atoms with Crippen LogP contribution >= 0.6 is 0 Å². The highest BCUT2D eigenvalue weighted by Crippen LogP contribution is 2.30. The van der Waals surface area contributed by atoms with Gasteiger partial charge >= 0.3 is 12.6 Å². The monoisotopic (exact) mass is 416 g/mol. The summed E-state index contributed by atoms with van der Waals surface area (Å²) in [6.07, 6.45) is 0. The lowest BCUT2D eigenvalue weighted by Gasteiger charge is -2.12. The predicted molar refractivity (Wildman–Crippen MR) is 106 cm³/mol. The zero-order chi connectivity index (χ0) is 21.7. The third-order valence-corrected chi connectivity index (χ3v) is 4.57. The van der Waals surface area contributed by atoms with E-state index in [-0.39, 0.29) is 18.1 Å². The van der Waals surface area contributed by atoms with E-state index in [1.54, 1.807) is 11.6 Å². The van der Waals surface area contributed by atoms with Crippen LogP contribution in [-0.4, -0.2) is 29.5 Å². The van der Waals surface area contributed by atoms with Crippen LogP contribution in [0.15, 0.2) is 48.5 Å². The number of methoxy groups -OCH3 is 1. The molecule has 6 nitrogen and oxygen atoms in total. The zero-order valence-electron chi connectivity index (χ0n) is 16.9. The van der Waals surface area contributed by atoms with Crippen LogP contribution in [0.5, 0.6) is 11.5 Å². The summed E-state index contributed by atoms with van der Waals surface area (Å²) in [5.41, 5.74) is 3.34. The third-order valence-electron chi connectivity index (χ3n) is 4.57. The molecule has 0 unspecified atom stereocenters. The van der Waals surface area contributed by atoms with Gasteiger partial charge in [0.15, 0.2) is 11.5 Å². The number of alkyl halides is 2. The minimum atomic E-state index is -2.96. The smallest absolute Gasteiger partial charge is 0.387 e. The second-order valence-electron chi connectivity index (χ2n) is 6.63. The first-order chi connectivity index (χ1) is 14.4. The van der Waals surface area contributed by atoms with E-state index in [1.165, 1.54) is 25.3 Å². The quantitative estimate of drug-likeness (QED) is 0.506. The van der Waals surface area contributed by atoms with E-state index in [9.17, 15) is 13.6 Å². The van der Waals surface area contributed by atoms with Crippen molar-refractivity contribution < 1.29 is 27.8 Å². The second-order valence-corrected chi connectivity index (χ2v) is 6.63. The molecule has 0 aliphatic rings. The first-order valence-corrected chi connectivity index (χ1v) is 9.25. The molecule has 0 fully saturated rings. The Morgan fingerprint density at radius 1 is 1.07 bits per heavy atom. The number of rotatable bonds is 8. The number of carbonyl (C=O) groups is 1. The summed E-state index contributed by atoms with van der Waals surface area (Å²) < 4.78 is 41.5. The average molecular weight is 416 g/mol. The molecule has 0 aliphatic carbocycles. The lowest BCUT2D eigenvalue weighted by atomic mass is 10.2. The van der Waals surface area contributed by atoms with Crippen LogP contribution in [-0.2, 0) is 17.9 Å². The molecule has 0 aliphatic heterocycles. The van der Waals surface area contributed by atoms with Crippen LogP contribution in [0.2, 0.25) is 0 Å². The van der Waals surface area contributed by atoms with Crippen molar-refractivity contribution >= 4 is 5.97 Å². The Morgan fingerprint density at radius 3 is 2.47 bits per heavy atom. The van der Waals surface area contributed by atoms with Crippen molar-refractivity contribution in [3.8, 4) is 11.5 Å². The first-order valence-electron chi connectivity index (χ1n) is 9.25. The number of aryl methyl sites for hydroxylation is 1. The molecule has 3 rings (SSSR count). The van der Waals surface area contributed by atoms with Gasteiger partial charge in [0.25, 0.3) is 0 Å². The Kier molecular flexibility index (Phi) is 6.66. The molecule has 0 saturated carbocycles. The van der Waals surface area contributed by atoms with Gasteiger partial charge in [0, 0.05) is 0 Å². The fraction of sp³-hybridized carbons (Fsp3) is 0.273. The van der Waals surface area contributed by atoms with Crippen LogP contribution in [0.3, 0.4) is 0 Å². The SMILES string of the molecule is COc1cc(COC(=O)c2c(C)nn(Cc3ccccc3)c2C)ccc1OC(F)F. The first kappa shape index (κ1) is 21.3. The number of carbonyl (C=O) groups excluding carboxylic acids is 1. The maximum atomic E-state index is 12.7. The Labute approximate surface area is 173 Å². The average Bonchev–Trinajstić information content (AvgIpc) is 3.00. The molecule has 8 heteroatoms. The van der Waals surface area contributed by atoms with Crippen LogP contribution in [0.4, 0.5) is 8.78 Å². The number of ether oxygens (including phenoxy) is 3. The zero-order valence-corrected chi connectivity index (χ0v) is 16.9. The van der Waals surface area contributed by atoms with Gasteiger partial charge in [0.2, 0.25) is 0 Å². The molecule has 0 spiro atoms. The lowest BCUT2D eigenvalue weighted by Crippen LogP contribution is -2.09. The maximum absolute atomic E-state index is 12.7. The topological polar surface area (TPSA) is 62.6 Å². The van der Waals surface area contributed by atoms with E-state index >= 15 is 0 Å². The van der Waals surface area contributed by atoms with Crippen LogP contribution in [0.1, 0.15) is 32.9 Å². The largest absolute Gasteiger partial charge is 0.493 e. The second kappa shape index (κ2) is 9.39. The van der Waals surface area contributed by atoms with Gasteiger partial charge in [-0.1, -0.05) is 36.4 Å². The highest BCUT2D eigenvalue weighted by molar-refractivity contribution is 5.91. The van der Waals surface area contributed by atoms with Crippen molar-refractivity contribution in [1.29, 1.82) is 0 Å². The van der Waals surface area contributed by atoms with E-state index in [1.807, 2.05) is 37.3 Å². The van der Waals surface area contributed by atoms with Gasteiger partial charge in [-0.3, -0.25) is 4.68 Å². The van der Waals surface area contributed by atoms with Crippen molar-refractivity contribution in [2.45, 2.75) is 33.6 Å². The molecule has 0 bridgehead atoms. The summed E-state index contributed by atoms with van der Waals surface area (Å²) in [5.74, 6) is -0.459. The van der Waals surface area contributed by atoms with Crippen molar-refractivity contribution in [3.05, 3.63) is 76.6 Å². The number of nitrogens with zero attached hydrogens (tertiary/aromatic N) is 2. The van der Waals surface area contributed by atoms with Gasteiger partial charge in [-0.05, 0) is 37.1 Å². The fourth-order valence-electron chi connectivity index (χ4n) is 3.12. The van der Waals surface area contributed by atoms with Gasteiger partial charge in [0.05, 0.1) is 25.0 Å². The number of benzene rings is 2. The van der Waals surface area contributed by atoms with E-state index in [2.05, 4.69) is 9.84 Å². The minimum Gasteiger partial charge on any atom is -0.493 e. The van der Waals surface area contributed by atoms with Crippen LogP contribution < -0.4 is 9.47 Å². The van der Waals surface area contributed by atoms with Crippen LogP contribution in [0, 0.1) is 13.8 Å². The molecule has 0 saturated heterocycles. The Bertz CT molecular complexity index is 1020. The van der Waals surface area contributed by atoms with E-state index < -0.39 is 12.6 Å². The fourth-order valence-corrected chi connectivity index (χ4v) is 3.12. The molecule has 2 aromatic carbocycles. The number of hydrogen-bond acceptors (Lipinski definition) is 5. The Hall–Kier alpha value is -3.42. The number of hydrogen-bond donors (Lipinski definition) is 0. The normalized spacial score (nSPS) is 10.9. The van der Waals surface area contributed by atoms with Gasteiger partial charge in [0.1, 0.15) is 12.2 Å². The molecule has 1 aromatic heterocycles. The summed E-state index contributed by atoms with van der Waals surface area (Å²) >= 11 is 0. The Morgan fingerprint density at radius 2 is 1.80 bits per heavy atom. The van der Waals surface area contributed by atoms with Crippen molar-refractivity contribution in [2.75, 3.05) is 7.11 Å². The molecular weight excluding hydrogens is 394 g/mol. The molecule has 0 N–H and O–H groups in total. The highest BCUT2D eigenvalue weighted by atomic mass is 19.3. The molecule has 30 heavy (non-hydrogen) atoms. The molecule has 1 heterocycles. The standard InChI is InChI=1S/C22H22F2N2O4/c1-14-20(15(2)26(25-14)12-16-7-5-4-6-8-16)21(27)29-13-17-9-10-18(30-22(23)24)19(11-17)28-3/h4-11,22H,12-13H2,1-3H3. The van der Waals surface area contributed by atoms with Gasteiger partial charge in [-0.25, -0.2) is 4.79 Å². The highest BCUT2D eigenvalue weighted by Gasteiger charge is 2.20. The number of aromatic nitrogens is 2. The summed E-state index contributed by atoms with van der Waals surface area (Å²) in [6.45, 7) is 1.11. The number of esters is 1. The molecule has 0 amide bonds. The number of halogens is 2. The summed E-state index contributed by atoms with van der Waals surface area (Å²) in [5, 5.41) is 4.46.